The maximum Gasteiger partial charge on any atom is 0.225 e. The van der Waals surface area contributed by atoms with Crippen LogP contribution in [0.15, 0.2) is 12.3 Å². The van der Waals surface area contributed by atoms with Crippen molar-refractivity contribution in [1.29, 1.82) is 0 Å². The lowest BCUT2D eigenvalue weighted by Crippen LogP contribution is -2.05. The first-order chi connectivity index (χ1) is 7.36. The normalized spacial score (nSPS) is 10.0. The van der Waals surface area contributed by atoms with Gasteiger partial charge < -0.3 is 10.1 Å². The van der Waals surface area contributed by atoms with Crippen LogP contribution >= 0.6 is 11.6 Å². The third-order valence-corrected chi connectivity index (χ3v) is 2.20. The van der Waals surface area contributed by atoms with E-state index in [1.54, 1.807) is 19.4 Å². The van der Waals surface area contributed by atoms with Crippen LogP contribution in [0.4, 0.5) is 5.95 Å². The van der Waals surface area contributed by atoms with Gasteiger partial charge in [0.2, 0.25) is 11.8 Å². The number of nitrogens with zero attached hydrogens (tertiary/aromatic N) is 2. The number of nitrogens with one attached hydrogen (secondary N) is 1. The molecule has 0 fully saturated rings. The van der Waals surface area contributed by atoms with E-state index in [1.165, 1.54) is 0 Å². The number of anilines is 1. The fraction of sp³-hybridized carbons (Fsp3) is 0.600. The molecule has 1 rings (SSSR count). The second-order valence-electron chi connectivity index (χ2n) is 3.10. The number of hydrogen-bond acceptors (Lipinski definition) is 4. The molecule has 4 nitrogen and oxygen atoms in total. The SMILES string of the molecule is COc1ccnc(NCCCCCCl)n1. The van der Waals surface area contributed by atoms with Crippen LogP contribution in [0.5, 0.6) is 5.88 Å². The summed E-state index contributed by atoms with van der Waals surface area (Å²) in [5.74, 6) is 1.92. The van der Waals surface area contributed by atoms with Crippen LogP contribution in [-0.2, 0) is 0 Å². The lowest BCUT2D eigenvalue weighted by Gasteiger charge is -2.05. The van der Waals surface area contributed by atoms with Gasteiger partial charge in [-0.2, -0.15) is 4.98 Å². The Morgan fingerprint density at radius 2 is 2.27 bits per heavy atom. The van der Waals surface area contributed by atoms with Gasteiger partial charge in [-0.25, -0.2) is 4.98 Å². The molecule has 0 aliphatic carbocycles. The van der Waals surface area contributed by atoms with Crippen molar-refractivity contribution < 1.29 is 4.74 Å². The van der Waals surface area contributed by atoms with Crippen LogP contribution in [0.1, 0.15) is 19.3 Å². The zero-order valence-corrected chi connectivity index (χ0v) is 9.63. The maximum absolute atomic E-state index is 5.58. The van der Waals surface area contributed by atoms with Crippen molar-refractivity contribution in [2.24, 2.45) is 0 Å². The molecule has 84 valence electrons. The summed E-state index contributed by atoms with van der Waals surface area (Å²) in [5.41, 5.74) is 0. The molecule has 0 aliphatic rings. The summed E-state index contributed by atoms with van der Waals surface area (Å²) >= 11 is 5.58. The maximum atomic E-state index is 5.58. The van der Waals surface area contributed by atoms with E-state index in [0.717, 1.165) is 31.7 Å². The third kappa shape index (κ3) is 4.83. The number of hydrogen-bond donors (Lipinski definition) is 1. The smallest absolute Gasteiger partial charge is 0.225 e. The largest absolute Gasteiger partial charge is 0.481 e. The Bertz CT molecular complexity index is 283. The summed E-state index contributed by atoms with van der Waals surface area (Å²) in [6.07, 6.45) is 4.93. The Balaban J connectivity index is 2.24. The predicted octanol–water partition coefficient (Wildman–Crippen LogP) is 2.31. The van der Waals surface area contributed by atoms with Gasteiger partial charge in [-0.05, 0) is 12.8 Å². The molecule has 0 bridgehead atoms. The monoisotopic (exact) mass is 229 g/mol. The van der Waals surface area contributed by atoms with E-state index < -0.39 is 0 Å². The van der Waals surface area contributed by atoms with E-state index in [-0.39, 0.29) is 0 Å². The van der Waals surface area contributed by atoms with Crippen LogP contribution in [0, 0.1) is 0 Å². The molecule has 15 heavy (non-hydrogen) atoms. The highest BCUT2D eigenvalue weighted by molar-refractivity contribution is 6.17. The Hall–Kier alpha value is -1.03. The molecular formula is C10H16ClN3O. The zero-order chi connectivity index (χ0) is 10.9. The van der Waals surface area contributed by atoms with E-state index in [4.69, 9.17) is 16.3 Å². The summed E-state index contributed by atoms with van der Waals surface area (Å²) in [6.45, 7) is 0.865. The first-order valence-electron chi connectivity index (χ1n) is 5.03. The molecular weight excluding hydrogens is 214 g/mol. The summed E-state index contributed by atoms with van der Waals surface area (Å²) in [5, 5.41) is 3.13. The highest BCUT2D eigenvalue weighted by Crippen LogP contribution is 2.07. The van der Waals surface area contributed by atoms with Gasteiger partial charge in [0.15, 0.2) is 0 Å². The van der Waals surface area contributed by atoms with Gasteiger partial charge in [0.05, 0.1) is 7.11 Å². The van der Waals surface area contributed by atoms with Crippen molar-refractivity contribution in [2.45, 2.75) is 19.3 Å². The van der Waals surface area contributed by atoms with Crippen molar-refractivity contribution in [1.82, 2.24) is 9.97 Å². The molecule has 1 heterocycles. The van der Waals surface area contributed by atoms with Crippen molar-refractivity contribution in [3.8, 4) is 5.88 Å². The summed E-state index contributed by atoms with van der Waals surface area (Å²) in [4.78, 5) is 8.22. The summed E-state index contributed by atoms with van der Waals surface area (Å²) in [6, 6.07) is 1.72. The highest BCUT2D eigenvalue weighted by Gasteiger charge is 1.97. The number of unbranched alkanes of at least 4 members (excludes halogenated alkanes) is 2. The Morgan fingerprint density at radius 1 is 1.40 bits per heavy atom. The van der Waals surface area contributed by atoms with Crippen LogP contribution in [0.25, 0.3) is 0 Å². The lowest BCUT2D eigenvalue weighted by molar-refractivity contribution is 0.397. The van der Waals surface area contributed by atoms with Crippen LogP contribution < -0.4 is 10.1 Å². The first kappa shape index (κ1) is 12.0. The van der Waals surface area contributed by atoms with Gasteiger partial charge in [-0.15, -0.1) is 11.6 Å². The van der Waals surface area contributed by atoms with Gasteiger partial charge in [0, 0.05) is 24.7 Å². The van der Waals surface area contributed by atoms with Crippen LogP contribution in [0.3, 0.4) is 0 Å². The third-order valence-electron chi connectivity index (χ3n) is 1.93. The van der Waals surface area contributed by atoms with Crippen molar-refractivity contribution in [3.05, 3.63) is 12.3 Å². The highest BCUT2D eigenvalue weighted by atomic mass is 35.5. The average molecular weight is 230 g/mol. The quantitative estimate of drug-likeness (QED) is 0.576. The van der Waals surface area contributed by atoms with E-state index in [9.17, 15) is 0 Å². The van der Waals surface area contributed by atoms with Gasteiger partial charge in [-0.1, -0.05) is 6.42 Å². The summed E-state index contributed by atoms with van der Waals surface area (Å²) < 4.78 is 4.99. The predicted molar refractivity (Wildman–Crippen MR) is 61.6 cm³/mol. The molecule has 0 aliphatic heterocycles. The topological polar surface area (TPSA) is 47.0 Å². The summed E-state index contributed by atoms with van der Waals surface area (Å²) in [7, 11) is 1.59. The molecule has 0 unspecified atom stereocenters. The zero-order valence-electron chi connectivity index (χ0n) is 8.87. The van der Waals surface area contributed by atoms with E-state index in [2.05, 4.69) is 15.3 Å². The molecule has 0 radical (unpaired) electrons. The second kappa shape index (κ2) is 7.29. The Labute approximate surface area is 95.0 Å². The van der Waals surface area contributed by atoms with E-state index in [0.29, 0.717) is 11.8 Å². The van der Waals surface area contributed by atoms with Gasteiger partial charge in [0.25, 0.3) is 0 Å². The molecule has 0 saturated carbocycles. The van der Waals surface area contributed by atoms with Crippen molar-refractivity contribution in [2.75, 3.05) is 24.9 Å². The molecule has 0 atom stereocenters. The molecule has 0 aromatic carbocycles. The number of rotatable bonds is 7. The number of halogens is 1. The average Bonchev–Trinajstić information content (AvgIpc) is 2.29. The molecule has 0 spiro atoms. The van der Waals surface area contributed by atoms with Gasteiger partial charge in [-0.3, -0.25) is 0 Å². The fourth-order valence-corrected chi connectivity index (χ4v) is 1.33. The first-order valence-corrected chi connectivity index (χ1v) is 5.57. The van der Waals surface area contributed by atoms with Crippen molar-refractivity contribution in [3.63, 3.8) is 0 Å². The molecule has 0 saturated heterocycles. The molecule has 1 aromatic heterocycles. The number of alkyl halides is 1. The van der Waals surface area contributed by atoms with E-state index >= 15 is 0 Å². The van der Waals surface area contributed by atoms with Crippen LogP contribution in [0.2, 0.25) is 0 Å². The minimum absolute atomic E-state index is 0.577. The van der Waals surface area contributed by atoms with Gasteiger partial charge >= 0.3 is 0 Å². The minimum atomic E-state index is 0.577. The van der Waals surface area contributed by atoms with Crippen LogP contribution in [-0.4, -0.2) is 29.5 Å². The number of methoxy groups -OCH3 is 1. The lowest BCUT2D eigenvalue weighted by atomic mass is 10.2. The molecule has 0 amide bonds. The standard InChI is InChI=1S/C10H16ClN3O/c1-15-9-5-8-13-10(14-9)12-7-4-2-3-6-11/h5,8H,2-4,6-7H2,1H3,(H,12,13,14). The van der Waals surface area contributed by atoms with E-state index in [1.807, 2.05) is 0 Å². The van der Waals surface area contributed by atoms with Gasteiger partial charge in [0.1, 0.15) is 0 Å². The molecule has 5 heteroatoms. The molecule has 1 aromatic rings. The Kier molecular flexibility index (Phi) is 5.85. The fourth-order valence-electron chi connectivity index (χ4n) is 1.14. The Morgan fingerprint density at radius 3 is 3.00 bits per heavy atom. The van der Waals surface area contributed by atoms with Crippen molar-refractivity contribution >= 4 is 17.5 Å². The number of aromatic nitrogens is 2. The second-order valence-corrected chi connectivity index (χ2v) is 3.48. The number of ether oxygens (including phenoxy) is 1. The molecule has 1 N–H and O–H groups in total. The minimum Gasteiger partial charge on any atom is -0.481 e.